The lowest BCUT2D eigenvalue weighted by Gasteiger charge is -2.27. The van der Waals surface area contributed by atoms with Crippen LogP contribution in [0.3, 0.4) is 0 Å². The molecule has 3 amide bonds. The van der Waals surface area contributed by atoms with Crippen molar-refractivity contribution in [1.29, 1.82) is 0 Å². The molecule has 1 unspecified atom stereocenters. The Morgan fingerprint density at radius 1 is 1.23 bits per heavy atom. The van der Waals surface area contributed by atoms with Gasteiger partial charge in [0.2, 0.25) is 11.8 Å². The number of benzene rings is 1. The number of ether oxygens (including phenoxy) is 2. The quantitative estimate of drug-likeness (QED) is 0.743. The largest absolute Gasteiger partial charge is 0.441 e. The lowest BCUT2D eigenvalue weighted by Crippen LogP contribution is -2.44. The standard InChI is InChI=1S/C20H24N4O6/c1-12(30-20(28)23-8-10-29-11-9-23)13-4-3-5-14-17(13)22(2)19(27)24(14)15-6-7-16(25)21-18(15)26/h3-5,12,15H,6-11H2,1-2H3,(H,21,25,26)/t12-,15?/m0/s1. The van der Waals surface area contributed by atoms with Gasteiger partial charge in [0.25, 0.3) is 0 Å². The Bertz CT molecular complexity index is 1070. The average Bonchev–Trinajstić information content (AvgIpc) is 2.99. The number of imidazole rings is 1. The number of amides is 3. The van der Waals surface area contributed by atoms with Crippen molar-refractivity contribution in [3.05, 3.63) is 34.2 Å². The second-order valence-electron chi connectivity index (χ2n) is 7.52. The molecule has 0 bridgehead atoms. The highest BCUT2D eigenvalue weighted by Crippen LogP contribution is 2.29. The van der Waals surface area contributed by atoms with Crippen LogP contribution >= 0.6 is 0 Å². The molecule has 2 aliphatic heterocycles. The first-order valence-corrected chi connectivity index (χ1v) is 9.95. The Morgan fingerprint density at radius 2 is 1.97 bits per heavy atom. The minimum atomic E-state index is -0.764. The molecule has 0 spiro atoms. The van der Waals surface area contributed by atoms with E-state index in [9.17, 15) is 19.2 Å². The second-order valence-corrected chi connectivity index (χ2v) is 7.52. The number of hydrogen-bond donors (Lipinski definition) is 1. The van der Waals surface area contributed by atoms with Crippen molar-refractivity contribution in [2.45, 2.75) is 31.9 Å². The van der Waals surface area contributed by atoms with E-state index in [1.807, 2.05) is 0 Å². The van der Waals surface area contributed by atoms with E-state index in [0.717, 1.165) is 0 Å². The van der Waals surface area contributed by atoms with Crippen molar-refractivity contribution >= 4 is 28.9 Å². The molecule has 2 fully saturated rings. The van der Waals surface area contributed by atoms with Gasteiger partial charge in [0.1, 0.15) is 12.1 Å². The van der Waals surface area contributed by atoms with E-state index in [-0.39, 0.29) is 24.4 Å². The van der Waals surface area contributed by atoms with Gasteiger partial charge in [-0.1, -0.05) is 12.1 Å². The van der Waals surface area contributed by atoms with Crippen LogP contribution in [0.4, 0.5) is 4.79 Å². The Hall–Kier alpha value is -3.14. The smallest absolute Gasteiger partial charge is 0.410 e. The first-order chi connectivity index (χ1) is 14.4. The summed E-state index contributed by atoms with van der Waals surface area (Å²) in [7, 11) is 1.62. The third kappa shape index (κ3) is 3.47. The van der Waals surface area contributed by atoms with Gasteiger partial charge in [-0.2, -0.15) is 0 Å². The molecule has 10 nitrogen and oxygen atoms in total. The van der Waals surface area contributed by atoms with Gasteiger partial charge < -0.3 is 14.4 Å². The number of nitrogens with zero attached hydrogens (tertiary/aromatic N) is 3. The van der Waals surface area contributed by atoms with Crippen LogP contribution in [0.15, 0.2) is 23.0 Å². The Labute approximate surface area is 172 Å². The zero-order chi connectivity index (χ0) is 21.4. The van der Waals surface area contributed by atoms with E-state index in [1.54, 1.807) is 37.1 Å². The molecule has 1 aromatic carbocycles. The van der Waals surface area contributed by atoms with E-state index in [4.69, 9.17) is 9.47 Å². The van der Waals surface area contributed by atoms with Crippen molar-refractivity contribution in [3.8, 4) is 0 Å². The van der Waals surface area contributed by atoms with Crippen LogP contribution in [0, 0.1) is 0 Å². The lowest BCUT2D eigenvalue weighted by atomic mass is 10.0. The zero-order valence-corrected chi connectivity index (χ0v) is 16.9. The molecular formula is C20H24N4O6. The van der Waals surface area contributed by atoms with Crippen molar-refractivity contribution in [2.24, 2.45) is 7.05 Å². The topological polar surface area (TPSA) is 112 Å². The lowest BCUT2D eigenvalue weighted by molar-refractivity contribution is -0.135. The van der Waals surface area contributed by atoms with Crippen molar-refractivity contribution in [3.63, 3.8) is 0 Å². The van der Waals surface area contributed by atoms with E-state index in [2.05, 4.69) is 5.32 Å². The summed E-state index contributed by atoms with van der Waals surface area (Å²) >= 11 is 0. The molecule has 1 aromatic heterocycles. The van der Waals surface area contributed by atoms with Crippen LogP contribution in [-0.2, 0) is 26.1 Å². The molecule has 1 N–H and O–H groups in total. The fourth-order valence-electron chi connectivity index (χ4n) is 4.06. The van der Waals surface area contributed by atoms with E-state index in [0.29, 0.717) is 42.9 Å². The monoisotopic (exact) mass is 416 g/mol. The molecular weight excluding hydrogens is 392 g/mol. The first kappa shape index (κ1) is 20.1. The minimum absolute atomic E-state index is 0.173. The fourth-order valence-corrected chi connectivity index (χ4v) is 4.06. The summed E-state index contributed by atoms with van der Waals surface area (Å²) in [6.07, 6.45) is -0.605. The summed E-state index contributed by atoms with van der Waals surface area (Å²) in [5.41, 5.74) is 1.46. The van der Waals surface area contributed by atoms with Gasteiger partial charge in [-0.05, 0) is 19.4 Å². The van der Waals surface area contributed by atoms with Crippen LogP contribution < -0.4 is 11.0 Å². The summed E-state index contributed by atoms with van der Waals surface area (Å²) in [6.45, 7) is 3.64. The number of fused-ring (bicyclic) bond motifs is 1. The van der Waals surface area contributed by atoms with Crippen molar-refractivity contribution in [2.75, 3.05) is 26.3 Å². The Kier molecular flexibility index (Phi) is 5.33. The molecule has 0 aliphatic carbocycles. The molecule has 30 heavy (non-hydrogen) atoms. The van der Waals surface area contributed by atoms with Gasteiger partial charge in [-0.25, -0.2) is 9.59 Å². The van der Waals surface area contributed by atoms with Crippen LogP contribution in [-0.4, -0.2) is 58.2 Å². The van der Waals surface area contributed by atoms with Crippen LogP contribution in [0.1, 0.15) is 37.5 Å². The van der Waals surface area contributed by atoms with Crippen molar-refractivity contribution < 1.29 is 23.9 Å². The predicted octanol–water partition coefficient (Wildman–Crippen LogP) is 0.847. The minimum Gasteiger partial charge on any atom is -0.441 e. The Morgan fingerprint density at radius 3 is 2.67 bits per heavy atom. The fraction of sp³-hybridized carbons (Fsp3) is 0.500. The summed E-state index contributed by atoms with van der Waals surface area (Å²) in [4.78, 5) is 50.9. The van der Waals surface area contributed by atoms with Gasteiger partial charge in [0.15, 0.2) is 0 Å². The third-order valence-corrected chi connectivity index (χ3v) is 5.64. The number of aryl methyl sites for hydroxylation is 1. The average molecular weight is 416 g/mol. The van der Waals surface area contributed by atoms with Gasteiger partial charge in [0, 0.05) is 32.1 Å². The highest BCUT2D eigenvalue weighted by Gasteiger charge is 2.32. The molecule has 3 heterocycles. The summed E-state index contributed by atoms with van der Waals surface area (Å²) in [5, 5.41) is 2.30. The molecule has 2 aliphatic rings. The summed E-state index contributed by atoms with van der Waals surface area (Å²) < 4.78 is 13.8. The van der Waals surface area contributed by atoms with Crippen LogP contribution in [0.5, 0.6) is 0 Å². The zero-order valence-electron chi connectivity index (χ0n) is 16.9. The highest BCUT2D eigenvalue weighted by atomic mass is 16.6. The van der Waals surface area contributed by atoms with E-state index >= 15 is 0 Å². The van der Waals surface area contributed by atoms with E-state index < -0.39 is 24.1 Å². The van der Waals surface area contributed by atoms with Gasteiger partial charge in [0.05, 0.1) is 24.2 Å². The molecule has 0 saturated carbocycles. The number of aromatic nitrogens is 2. The maximum atomic E-state index is 13.0. The molecule has 160 valence electrons. The van der Waals surface area contributed by atoms with E-state index in [1.165, 1.54) is 9.13 Å². The molecule has 2 atom stereocenters. The van der Waals surface area contributed by atoms with Gasteiger partial charge in [-0.15, -0.1) is 0 Å². The highest BCUT2D eigenvalue weighted by molar-refractivity contribution is 6.00. The molecule has 4 rings (SSSR count). The number of morpholine rings is 1. The van der Waals surface area contributed by atoms with Crippen LogP contribution in [0.2, 0.25) is 0 Å². The first-order valence-electron chi connectivity index (χ1n) is 9.95. The molecule has 0 radical (unpaired) electrons. The maximum absolute atomic E-state index is 13.0. The third-order valence-electron chi connectivity index (χ3n) is 5.64. The maximum Gasteiger partial charge on any atom is 0.410 e. The van der Waals surface area contributed by atoms with Gasteiger partial charge >= 0.3 is 11.8 Å². The predicted molar refractivity (Wildman–Crippen MR) is 106 cm³/mol. The summed E-state index contributed by atoms with van der Waals surface area (Å²) in [5.74, 6) is -0.827. The molecule has 2 aromatic rings. The summed E-state index contributed by atoms with van der Waals surface area (Å²) in [6, 6.07) is 4.55. The SMILES string of the molecule is C[C@H](OC(=O)N1CCOCC1)c1cccc2c1n(C)c(=O)n2C1CCC(=O)NC1=O. The second kappa shape index (κ2) is 7.94. The number of hydrogen-bond acceptors (Lipinski definition) is 6. The number of nitrogens with one attached hydrogen (secondary N) is 1. The van der Waals surface area contributed by atoms with Crippen LogP contribution in [0.25, 0.3) is 11.0 Å². The number of carbonyl (C=O) groups excluding carboxylic acids is 3. The Balaban J connectivity index is 1.68. The van der Waals surface area contributed by atoms with Crippen molar-refractivity contribution in [1.82, 2.24) is 19.4 Å². The number of imide groups is 1. The number of piperidine rings is 1. The molecule has 2 saturated heterocycles. The normalized spacial score (nSPS) is 20.9. The molecule has 10 heteroatoms. The number of carbonyl (C=O) groups is 3. The number of rotatable bonds is 3. The van der Waals surface area contributed by atoms with Gasteiger partial charge in [-0.3, -0.25) is 24.0 Å². The number of para-hydroxylation sites is 1.